The van der Waals surface area contributed by atoms with Crippen molar-refractivity contribution in [1.82, 2.24) is 4.90 Å². The molecule has 17 heavy (non-hydrogen) atoms. The first-order chi connectivity index (χ1) is 8.29. The fourth-order valence-corrected chi connectivity index (χ4v) is 2.04. The topological polar surface area (TPSA) is 55.6 Å². The Morgan fingerprint density at radius 2 is 2.18 bits per heavy atom. The van der Waals surface area contributed by atoms with Crippen molar-refractivity contribution in [2.75, 3.05) is 19.8 Å². The summed E-state index contributed by atoms with van der Waals surface area (Å²) in [6.45, 7) is 2.49. The fraction of sp³-hybridized carbons (Fsp3) is 0.462. The number of carbonyl (C=O) groups excluding carboxylic acids is 1. The van der Waals surface area contributed by atoms with Crippen molar-refractivity contribution in [2.24, 2.45) is 11.7 Å². The van der Waals surface area contributed by atoms with Crippen LogP contribution in [0.1, 0.15) is 12.0 Å². The second kappa shape index (κ2) is 5.80. The molecule has 1 saturated heterocycles. The number of ether oxygens (including phenoxy) is 1. The molecule has 92 valence electrons. The predicted octanol–water partition coefficient (Wildman–Crippen LogP) is 0.968. The van der Waals surface area contributed by atoms with Gasteiger partial charge in [-0.2, -0.15) is 0 Å². The molecule has 1 fully saturated rings. The predicted molar refractivity (Wildman–Crippen MR) is 65.0 cm³/mol. The molecule has 1 heterocycles. The summed E-state index contributed by atoms with van der Waals surface area (Å²) >= 11 is 0. The summed E-state index contributed by atoms with van der Waals surface area (Å²) in [5.41, 5.74) is 6.56. The van der Waals surface area contributed by atoms with Gasteiger partial charge in [-0.1, -0.05) is 30.3 Å². The summed E-state index contributed by atoms with van der Waals surface area (Å²) < 4.78 is 5.30. The molecule has 4 heteroatoms. The van der Waals surface area contributed by atoms with Crippen LogP contribution < -0.4 is 5.73 Å². The third kappa shape index (κ3) is 3.28. The highest BCUT2D eigenvalue weighted by Crippen LogP contribution is 2.17. The molecular formula is C13H18N2O2. The molecule has 0 radical (unpaired) electrons. The van der Waals surface area contributed by atoms with Crippen LogP contribution in [-0.4, -0.2) is 30.6 Å². The Kier molecular flexibility index (Phi) is 4.12. The molecule has 1 aliphatic heterocycles. The zero-order chi connectivity index (χ0) is 12.1. The highest BCUT2D eigenvalue weighted by Gasteiger charge is 2.28. The number of carbonyl (C=O) groups is 1. The lowest BCUT2D eigenvalue weighted by atomic mass is 10.1. The third-order valence-corrected chi connectivity index (χ3v) is 3.09. The minimum absolute atomic E-state index is 0.0118. The van der Waals surface area contributed by atoms with Crippen molar-refractivity contribution in [3.63, 3.8) is 0 Å². The SMILES string of the molecule is NCN1CCC(C(=O)OCc2ccccc2)C1. The number of hydrogen-bond donors (Lipinski definition) is 1. The van der Waals surface area contributed by atoms with Crippen LogP contribution in [0.25, 0.3) is 0 Å². The Balaban J connectivity index is 1.78. The van der Waals surface area contributed by atoms with Gasteiger partial charge in [0.05, 0.1) is 5.92 Å². The molecule has 2 N–H and O–H groups in total. The van der Waals surface area contributed by atoms with Crippen LogP contribution >= 0.6 is 0 Å². The van der Waals surface area contributed by atoms with Crippen LogP contribution in [0.2, 0.25) is 0 Å². The van der Waals surface area contributed by atoms with Crippen molar-refractivity contribution in [2.45, 2.75) is 13.0 Å². The standard InChI is InChI=1S/C13H18N2O2/c14-10-15-7-6-12(8-15)13(16)17-9-11-4-2-1-3-5-11/h1-5,12H,6-10,14H2. The Labute approximate surface area is 101 Å². The first kappa shape index (κ1) is 12.1. The summed E-state index contributed by atoms with van der Waals surface area (Å²) in [6.07, 6.45) is 0.852. The van der Waals surface area contributed by atoms with E-state index in [1.807, 2.05) is 30.3 Å². The lowest BCUT2D eigenvalue weighted by Crippen LogP contribution is -2.29. The molecule has 1 unspecified atom stereocenters. The van der Waals surface area contributed by atoms with E-state index in [4.69, 9.17) is 10.5 Å². The molecule has 0 aromatic heterocycles. The number of esters is 1. The molecular weight excluding hydrogens is 216 g/mol. The quantitative estimate of drug-likeness (QED) is 0.789. The molecule has 1 atom stereocenters. The second-order valence-corrected chi connectivity index (χ2v) is 4.34. The Morgan fingerprint density at radius 3 is 2.82 bits per heavy atom. The summed E-state index contributed by atoms with van der Waals surface area (Å²) in [7, 11) is 0. The lowest BCUT2D eigenvalue weighted by molar-refractivity contribution is -0.149. The van der Waals surface area contributed by atoms with Crippen LogP contribution in [-0.2, 0) is 16.1 Å². The van der Waals surface area contributed by atoms with E-state index < -0.39 is 0 Å². The van der Waals surface area contributed by atoms with Crippen molar-refractivity contribution < 1.29 is 9.53 Å². The van der Waals surface area contributed by atoms with Crippen molar-refractivity contribution in [1.29, 1.82) is 0 Å². The molecule has 0 spiro atoms. The number of nitrogens with zero attached hydrogens (tertiary/aromatic N) is 1. The highest BCUT2D eigenvalue weighted by molar-refractivity contribution is 5.73. The molecule has 4 nitrogen and oxygen atoms in total. The van der Waals surface area contributed by atoms with E-state index >= 15 is 0 Å². The Bertz CT molecular complexity index is 367. The van der Waals surface area contributed by atoms with Crippen molar-refractivity contribution in [3.05, 3.63) is 35.9 Å². The van der Waals surface area contributed by atoms with Gasteiger partial charge in [0.25, 0.3) is 0 Å². The minimum atomic E-state index is -0.107. The van der Waals surface area contributed by atoms with E-state index in [1.54, 1.807) is 0 Å². The zero-order valence-corrected chi connectivity index (χ0v) is 9.84. The molecule has 2 rings (SSSR count). The second-order valence-electron chi connectivity index (χ2n) is 4.34. The van der Waals surface area contributed by atoms with Crippen molar-refractivity contribution in [3.8, 4) is 0 Å². The molecule has 0 aliphatic carbocycles. The monoisotopic (exact) mass is 234 g/mol. The molecule has 1 aliphatic rings. The number of hydrogen-bond acceptors (Lipinski definition) is 4. The van der Waals surface area contributed by atoms with E-state index in [0.29, 0.717) is 13.3 Å². The first-order valence-electron chi connectivity index (χ1n) is 5.92. The maximum Gasteiger partial charge on any atom is 0.310 e. The van der Waals surface area contributed by atoms with Crippen LogP contribution in [0.4, 0.5) is 0 Å². The number of nitrogens with two attached hydrogens (primary N) is 1. The molecule has 1 aromatic rings. The first-order valence-corrected chi connectivity index (χ1v) is 5.92. The zero-order valence-electron chi connectivity index (χ0n) is 9.84. The van der Waals surface area contributed by atoms with Gasteiger partial charge < -0.3 is 10.5 Å². The third-order valence-electron chi connectivity index (χ3n) is 3.09. The van der Waals surface area contributed by atoms with E-state index in [0.717, 1.165) is 25.1 Å². The molecule has 0 amide bonds. The largest absolute Gasteiger partial charge is 0.461 e. The van der Waals surface area contributed by atoms with Gasteiger partial charge in [0.2, 0.25) is 0 Å². The minimum Gasteiger partial charge on any atom is -0.461 e. The Morgan fingerprint density at radius 1 is 1.41 bits per heavy atom. The molecule has 0 saturated carbocycles. The fourth-order valence-electron chi connectivity index (χ4n) is 2.04. The van der Waals surface area contributed by atoms with E-state index in [9.17, 15) is 4.79 Å². The van der Waals surface area contributed by atoms with Gasteiger partial charge in [0.15, 0.2) is 0 Å². The van der Waals surface area contributed by atoms with Gasteiger partial charge in [0.1, 0.15) is 6.61 Å². The van der Waals surface area contributed by atoms with E-state index in [-0.39, 0.29) is 11.9 Å². The van der Waals surface area contributed by atoms with Crippen molar-refractivity contribution >= 4 is 5.97 Å². The smallest absolute Gasteiger partial charge is 0.310 e. The summed E-state index contributed by atoms with van der Waals surface area (Å²) in [5.74, 6) is -0.118. The summed E-state index contributed by atoms with van der Waals surface area (Å²) in [5, 5.41) is 0. The van der Waals surface area contributed by atoms with Gasteiger partial charge in [-0.3, -0.25) is 9.69 Å². The normalized spacial score (nSPS) is 20.4. The maximum atomic E-state index is 11.8. The maximum absolute atomic E-state index is 11.8. The van der Waals surface area contributed by atoms with Gasteiger partial charge in [-0.25, -0.2) is 0 Å². The van der Waals surface area contributed by atoms with E-state index in [2.05, 4.69) is 4.90 Å². The van der Waals surface area contributed by atoms with Gasteiger partial charge in [-0.05, 0) is 12.0 Å². The van der Waals surface area contributed by atoms with Crippen LogP contribution in [0.3, 0.4) is 0 Å². The average Bonchev–Trinajstić information content (AvgIpc) is 2.86. The average molecular weight is 234 g/mol. The van der Waals surface area contributed by atoms with E-state index in [1.165, 1.54) is 0 Å². The van der Waals surface area contributed by atoms with Gasteiger partial charge in [-0.15, -0.1) is 0 Å². The number of likely N-dealkylation sites (tertiary alicyclic amines) is 1. The summed E-state index contributed by atoms with van der Waals surface area (Å²) in [6, 6.07) is 9.73. The Hall–Kier alpha value is -1.39. The van der Waals surface area contributed by atoms with Crippen LogP contribution in [0, 0.1) is 5.92 Å². The number of rotatable bonds is 4. The highest BCUT2D eigenvalue weighted by atomic mass is 16.5. The molecule has 0 bridgehead atoms. The van der Waals surface area contributed by atoms with Gasteiger partial charge >= 0.3 is 5.97 Å². The van der Waals surface area contributed by atoms with Crippen LogP contribution in [0.5, 0.6) is 0 Å². The lowest BCUT2D eigenvalue weighted by Gasteiger charge is -2.12. The van der Waals surface area contributed by atoms with Gasteiger partial charge in [0, 0.05) is 19.8 Å². The number of benzene rings is 1. The molecule has 1 aromatic carbocycles. The summed E-state index contributed by atoms with van der Waals surface area (Å²) in [4.78, 5) is 13.9. The van der Waals surface area contributed by atoms with Crippen LogP contribution in [0.15, 0.2) is 30.3 Å².